The summed E-state index contributed by atoms with van der Waals surface area (Å²) < 4.78 is 25.0. The Hall–Kier alpha value is -0.0900. The molecule has 5 rings (SSSR count). The number of piperidine rings is 1. The van der Waals surface area contributed by atoms with Crippen molar-refractivity contribution in [2.75, 3.05) is 12.8 Å². The van der Waals surface area contributed by atoms with Crippen molar-refractivity contribution in [3.8, 4) is 0 Å². The molecule has 2 unspecified atom stereocenters. The van der Waals surface area contributed by atoms with E-state index in [2.05, 4.69) is 33.2 Å². The fourth-order valence-electron chi connectivity index (χ4n) is 6.12. The number of hydrogen-bond donors (Lipinski definition) is 2. The quantitative estimate of drug-likeness (QED) is 0.369. The first kappa shape index (κ1) is 18.3. The van der Waals surface area contributed by atoms with E-state index < -0.39 is 10.0 Å². The van der Waals surface area contributed by atoms with Gasteiger partial charge in [-0.1, -0.05) is 22.6 Å². The number of sulfonamides is 1. The molecule has 25 heavy (non-hydrogen) atoms. The smallest absolute Gasteiger partial charge is 0.315 e. The molecule has 5 aliphatic rings. The van der Waals surface area contributed by atoms with Crippen LogP contribution in [-0.4, -0.2) is 47.2 Å². The molecule has 0 aromatic rings. The molecule has 0 spiro atoms. The van der Waals surface area contributed by atoms with Crippen LogP contribution < -0.4 is 10.6 Å². The molecule has 0 aromatic heterocycles. The predicted molar refractivity (Wildman–Crippen MR) is 105 cm³/mol. The molecule has 2 N–H and O–H groups in total. The lowest BCUT2D eigenvalue weighted by Gasteiger charge is -2.56. The van der Waals surface area contributed by atoms with Gasteiger partial charge in [-0.3, -0.25) is 0 Å². The summed E-state index contributed by atoms with van der Waals surface area (Å²) in [5.74, 6) is 2.43. The number of carbonyl (C=O) groups excluding carboxylic acids is 1. The molecule has 1 aliphatic heterocycles. The Morgan fingerprint density at radius 1 is 1.08 bits per heavy atom. The van der Waals surface area contributed by atoms with Crippen LogP contribution >= 0.6 is 22.6 Å². The number of hydrogen-bond acceptors (Lipinski definition) is 3. The molecular weight excluding hydrogens is 453 g/mol. The third-order valence-corrected chi connectivity index (χ3v) is 9.52. The molecule has 8 heteroatoms. The van der Waals surface area contributed by atoms with E-state index in [0.717, 1.165) is 37.0 Å². The van der Waals surface area contributed by atoms with Crippen molar-refractivity contribution >= 4 is 38.6 Å². The SMILES string of the molecule is CS(=O)(=O)N1CCC(NC(=O)NC23CC4CC(CC(C4)C2)C3)CC1I. The number of rotatable bonds is 3. The van der Waals surface area contributed by atoms with Crippen LogP contribution in [0.25, 0.3) is 0 Å². The molecule has 0 radical (unpaired) electrons. The number of alkyl halides is 1. The Kier molecular flexibility index (Phi) is 4.76. The van der Waals surface area contributed by atoms with E-state index in [-0.39, 0.29) is 21.7 Å². The van der Waals surface area contributed by atoms with Crippen LogP contribution in [0, 0.1) is 17.8 Å². The molecule has 1 heterocycles. The highest BCUT2D eigenvalue weighted by Crippen LogP contribution is 2.55. The summed E-state index contributed by atoms with van der Waals surface area (Å²) in [6.07, 6.45) is 10.1. The number of urea groups is 1. The van der Waals surface area contributed by atoms with Crippen molar-refractivity contribution in [2.24, 2.45) is 17.8 Å². The first-order valence-electron chi connectivity index (χ1n) is 9.42. The minimum Gasteiger partial charge on any atom is -0.335 e. The van der Waals surface area contributed by atoms with Gasteiger partial charge in [0.05, 0.1) is 10.3 Å². The van der Waals surface area contributed by atoms with Crippen LogP contribution in [0.5, 0.6) is 0 Å². The van der Waals surface area contributed by atoms with Gasteiger partial charge in [-0.2, -0.15) is 4.31 Å². The van der Waals surface area contributed by atoms with Crippen molar-refractivity contribution in [2.45, 2.75) is 67.0 Å². The van der Waals surface area contributed by atoms with Gasteiger partial charge in [-0.15, -0.1) is 0 Å². The maximum Gasteiger partial charge on any atom is 0.315 e. The van der Waals surface area contributed by atoms with Gasteiger partial charge >= 0.3 is 6.03 Å². The second-order valence-corrected chi connectivity index (χ2v) is 12.2. The Labute approximate surface area is 164 Å². The van der Waals surface area contributed by atoms with Crippen LogP contribution in [0.4, 0.5) is 4.79 Å². The van der Waals surface area contributed by atoms with Crippen molar-refractivity contribution in [1.29, 1.82) is 0 Å². The lowest BCUT2D eigenvalue weighted by molar-refractivity contribution is -0.0137. The van der Waals surface area contributed by atoms with Gasteiger partial charge in [0.2, 0.25) is 10.0 Å². The molecule has 6 nitrogen and oxygen atoms in total. The highest BCUT2D eigenvalue weighted by atomic mass is 127. The van der Waals surface area contributed by atoms with Crippen LogP contribution in [0.15, 0.2) is 0 Å². The summed E-state index contributed by atoms with van der Waals surface area (Å²) >= 11 is 2.17. The maximum absolute atomic E-state index is 12.6. The molecule has 0 aromatic carbocycles. The zero-order valence-corrected chi connectivity index (χ0v) is 17.7. The first-order chi connectivity index (χ1) is 11.7. The summed E-state index contributed by atoms with van der Waals surface area (Å²) in [5, 5.41) is 6.46. The van der Waals surface area contributed by atoms with Crippen LogP contribution in [0.1, 0.15) is 51.4 Å². The van der Waals surface area contributed by atoms with Gasteiger partial charge in [-0.05, 0) is 69.1 Å². The summed E-state index contributed by atoms with van der Waals surface area (Å²) in [6, 6.07) is -0.00262. The average Bonchev–Trinajstić information content (AvgIpc) is 2.43. The Morgan fingerprint density at radius 2 is 1.64 bits per heavy atom. The van der Waals surface area contributed by atoms with E-state index in [1.54, 1.807) is 0 Å². The average molecular weight is 481 g/mol. The molecular formula is C17H28IN3O3S. The fourth-order valence-corrected chi connectivity index (χ4v) is 9.19. The zero-order valence-electron chi connectivity index (χ0n) is 14.7. The van der Waals surface area contributed by atoms with Crippen LogP contribution in [0.2, 0.25) is 0 Å². The summed E-state index contributed by atoms with van der Waals surface area (Å²) in [4.78, 5) is 12.6. The molecule has 4 aliphatic carbocycles. The van der Waals surface area contributed by atoms with Crippen molar-refractivity contribution in [1.82, 2.24) is 14.9 Å². The second-order valence-electron chi connectivity index (χ2n) is 8.83. The molecule has 4 bridgehead atoms. The van der Waals surface area contributed by atoms with E-state index >= 15 is 0 Å². The van der Waals surface area contributed by atoms with Gasteiger partial charge in [0.15, 0.2) is 0 Å². The number of halogens is 1. The monoisotopic (exact) mass is 481 g/mol. The predicted octanol–water partition coefficient (Wildman–Crippen LogP) is 2.44. The molecule has 5 fully saturated rings. The van der Waals surface area contributed by atoms with E-state index in [1.165, 1.54) is 29.8 Å². The van der Waals surface area contributed by atoms with Crippen molar-refractivity contribution < 1.29 is 13.2 Å². The molecule has 2 atom stereocenters. The van der Waals surface area contributed by atoms with Gasteiger partial charge in [0.1, 0.15) is 0 Å². The topological polar surface area (TPSA) is 78.5 Å². The normalized spacial score (nSPS) is 43.8. The minimum atomic E-state index is -3.17. The van der Waals surface area contributed by atoms with Gasteiger partial charge in [0, 0.05) is 18.1 Å². The number of amides is 2. The lowest BCUT2D eigenvalue weighted by atomic mass is 9.53. The van der Waals surface area contributed by atoms with E-state index in [9.17, 15) is 13.2 Å². The Balaban J connectivity index is 1.33. The molecule has 4 saturated carbocycles. The number of nitrogens with zero attached hydrogens (tertiary/aromatic N) is 1. The van der Waals surface area contributed by atoms with Crippen molar-refractivity contribution in [3.05, 3.63) is 0 Å². The second kappa shape index (κ2) is 6.51. The molecule has 2 amide bonds. The van der Waals surface area contributed by atoms with Crippen LogP contribution in [-0.2, 0) is 10.0 Å². The van der Waals surface area contributed by atoms with Gasteiger partial charge < -0.3 is 10.6 Å². The molecule has 1 saturated heterocycles. The van der Waals surface area contributed by atoms with Gasteiger partial charge in [-0.25, -0.2) is 13.2 Å². The Morgan fingerprint density at radius 3 is 2.12 bits per heavy atom. The summed E-state index contributed by atoms with van der Waals surface area (Å²) in [6.45, 7) is 0.481. The zero-order chi connectivity index (χ0) is 17.8. The van der Waals surface area contributed by atoms with Crippen LogP contribution in [0.3, 0.4) is 0 Å². The maximum atomic E-state index is 12.6. The largest absolute Gasteiger partial charge is 0.335 e. The first-order valence-corrected chi connectivity index (χ1v) is 12.5. The third-order valence-electron chi connectivity index (χ3n) is 6.67. The third kappa shape index (κ3) is 3.81. The van der Waals surface area contributed by atoms with E-state index in [1.807, 2.05) is 0 Å². The number of nitrogens with one attached hydrogen (secondary N) is 2. The fraction of sp³-hybridized carbons (Fsp3) is 0.941. The summed E-state index contributed by atoms with van der Waals surface area (Å²) in [7, 11) is -3.17. The van der Waals surface area contributed by atoms with Gasteiger partial charge in [0.25, 0.3) is 0 Å². The number of carbonyl (C=O) groups is 1. The van der Waals surface area contributed by atoms with E-state index in [4.69, 9.17) is 0 Å². The summed E-state index contributed by atoms with van der Waals surface area (Å²) in [5.41, 5.74) is 0.0238. The highest BCUT2D eigenvalue weighted by Gasteiger charge is 2.51. The standard InChI is InChI=1S/C17H28IN3O3S/c1-25(23,24)21-3-2-14(7-15(21)18)19-16(22)20-17-8-11-4-12(9-17)6-13(5-11)10-17/h11-15H,2-10H2,1H3,(H2,19,20,22). The Bertz CT molecular complexity index is 618. The molecule has 142 valence electrons. The highest BCUT2D eigenvalue weighted by molar-refractivity contribution is 14.1. The van der Waals surface area contributed by atoms with E-state index in [0.29, 0.717) is 19.4 Å². The van der Waals surface area contributed by atoms with Crippen molar-refractivity contribution in [3.63, 3.8) is 0 Å². The minimum absolute atomic E-state index is 0.0238. The lowest BCUT2D eigenvalue weighted by Crippen LogP contribution is -2.62.